The summed E-state index contributed by atoms with van der Waals surface area (Å²) in [6, 6.07) is 10.4. The normalized spacial score (nSPS) is 12.2. The largest absolute Gasteiger partial charge is 0.377 e. The molecule has 0 aliphatic carbocycles. The van der Waals surface area contributed by atoms with Gasteiger partial charge >= 0.3 is 0 Å². The highest BCUT2D eigenvalue weighted by atomic mass is 127. The van der Waals surface area contributed by atoms with E-state index in [1.165, 1.54) is 12.1 Å². The summed E-state index contributed by atoms with van der Waals surface area (Å²) in [5, 5.41) is 4.49. The zero-order valence-electron chi connectivity index (χ0n) is 10.8. The molecule has 2 aromatic carbocycles. The molecule has 0 saturated heterocycles. The summed E-state index contributed by atoms with van der Waals surface area (Å²) < 4.78 is 14.0. The Morgan fingerprint density at radius 2 is 1.90 bits per heavy atom. The first-order valence-electron chi connectivity index (χ1n) is 6.17. The zero-order chi connectivity index (χ0) is 14.7. The second-order valence-corrected chi connectivity index (χ2v) is 6.38. The highest BCUT2D eigenvalue weighted by Gasteiger charge is 2.12. The smallest absolute Gasteiger partial charge is 0.124 e. The van der Waals surface area contributed by atoms with E-state index in [1.807, 2.05) is 12.1 Å². The maximum absolute atomic E-state index is 13.1. The van der Waals surface area contributed by atoms with Crippen molar-refractivity contribution in [2.45, 2.75) is 19.4 Å². The fraction of sp³-hybridized carbons (Fsp3) is 0.200. The van der Waals surface area contributed by atoms with E-state index < -0.39 is 0 Å². The van der Waals surface area contributed by atoms with E-state index in [9.17, 15) is 4.39 Å². The maximum atomic E-state index is 13.1. The summed E-state index contributed by atoms with van der Waals surface area (Å²) in [6.45, 7) is 2.08. The fourth-order valence-corrected chi connectivity index (χ4v) is 2.88. The van der Waals surface area contributed by atoms with E-state index in [1.54, 1.807) is 12.1 Å². The number of rotatable bonds is 4. The summed E-state index contributed by atoms with van der Waals surface area (Å²) in [4.78, 5) is 0. The Labute approximate surface area is 141 Å². The van der Waals surface area contributed by atoms with Crippen LogP contribution in [0.4, 0.5) is 10.1 Å². The molecule has 106 valence electrons. The van der Waals surface area contributed by atoms with Crippen molar-refractivity contribution in [3.63, 3.8) is 0 Å². The SMILES string of the molecule is CCC(Nc1ccc(F)cc1I)c1ccc(Cl)c(Cl)c1. The van der Waals surface area contributed by atoms with Crippen molar-refractivity contribution in [3.8, 4) is 0 Å². The van der Waals surface area contributed by atoms with Crippen molar-refractivity contribution in [1.82, 2.24) is 0 Å². The van der Waals surface area contributed by atoms with Gasteiger partial charge in [-0.2, -0.15) is 0 Å². The van der Waals surface area contributed by atoms with Gasteiger partial charge in [0.15, 0.2) is 0 Å². The number of halogens is 4. The molecule has 0 fully saturated rings. The van der Waals surface area contributed by atoms with Gasteiger partial charge in [0.25, 0.3) is 0 Å². The van der Waals surface area contributed by atoms with Crippen LogP contribution >= 0.6 is 45.8 Å². The summed E-state index contributed by atoms with van der Waals surface area (Å²) in [7, 11) is 0. The van der Waals surface area contributed by atoms with Gasteiger partial charge in [-0.25, -0.2) is 4.39 Å². The Balaban J connectivity index is 2.26. The predicted molar refractivity (Wildman–Crippen MR) is 92.2 cm³/mol. The Kier molecular flexibility index (Phi) is 5.52. The van der Waals surface area contributed by atoms with Gasteiger partial charge in [-0.15, -0.1) is 0 Å². The lowest BCUT2D eigenvalue weighted by molar-refractivity contribution is 0.626. The molecule has 0 heterocycles. The van der Waals surface area contributed by atoms with Crippen LogP contribution in [0, 0.1) is 9.39 Å². The van der Waals surface area contributed by atoms with Crippen LogP contribution in [-0.2, 0) is 0 Å². The number of hydrogen-bond donors (Lipinski definition) is 1. The minimum atomic E-state index is -0.234. The Bertz CT molecular complexity index is 619. The van der Waals surface area contributed by atoms with Gasteiger partial charge in [-0.3, -0.25) is 0 Å². The van der Waals surface area contributed by atoms with Crippen LogP contribution in [0.3, 0.4) is 0 Å². The lowest BCUT2D eigenvalue weighted by Crippen LogP contribution is -2.10. The van der Waals surface area contributed by atoms with Crippen molar-refractivity contribution in [1.29, 1.82) is 0 Å². The van der Waals surface area contributed by atoms with E-state index in [4.69, 9.17) is 23.2 Å². The van der Waals surface area contributed by atoms with Gasteiger partial charge in [0.1, 0.15) is 5.82 Å². The topological polar surface area (TPSA) is 12.0 Å². The lowest BCUT2D eigenvalue weighted by Gasteiger charge is -2.20. The van der Waals surface area contributed by atoms with E-state index in [0.717, 1.165) is 21.2 Å². The molecule has 0 bridgehead atoms. The van der Waals surface area contributed by atoms with Crippen LogP contribution in [-0.4, -0.2) is 0 Å². The highest BCUT2D eigenvalue weighted by Crippen LogP contribution is 2.30. The quantitative estimate of drug-likeness (QED) is 0.569. The van der Waals surface area contributed by atoms with Crippen molar-refractivity contribution >= 4 is 51.5 Å². The standard InChI is InChI=1S/C15H13Cl2FIN/c1-2-14(9-3-5-11(16)12(17)7-9)20-15-6-4-10(18)8-13(15)19/h3-8,14,20H,2H2,1H3. The van der Waals surface area contributed by atoms with E-state index >= 15 is 0 Å². The van der Waals surface area contributed by atoms with Gasteiger partial charge in [-0.05, 0) is 64.9 Å². The molecule has 0 aromatic heterocycles. The molecule has 0 aliphatic rings. The molecule has 1 unspecified atom stereocenters. The molecule has 1 atom stereocenters. The highest BCUT2D eigenvalue weighted by molar-refractivity contribution is 14.1. The number of anilines is 1. The average Bonchev–Trinajstić information content (AvgIpc) is 2.41. The third-order valence-electron chi connectivity index (χ3n) is 3.02. The minimum Gasteiger partial charge on any atom is -0.377 e. The second kappa shape index (κ2) is 6.96. The summed E-state index contributed by atoms with van der Waals surface area (Å²) in [5.41, 5.74) is 1.96. The van der Waals surface area contributed by atoms with E-state index in [2.05, 4.69) is 34.8 Å². The molecule has 0 spiro atoms. The van der Waals surface area contributed by atoms with Crippen molar-refractivity contribution in [3.05, 3.63) is 61.4 Å². The maximum Gasteiger partial charge on any atom is 0.124 e. The fourth-order valence-electron chi connectivity index (χ4n) is 1.94. The van der Waals surface area contributed by atoms with Crippen molar-refractivity contribution < 1.29 is 4.39 Å². The third-order valence-corrected chi connectivity index (χ3v) is 4.65. The van der Waals surface area contributed by atoms with Crippen LogP contribution in [0.15, 0.2) is 36.4 Å². The molecule has 0 radical (unpaired) electrons. The molecular weight excluding hydrogens is 411 g/mol. The first-order chi connectivity index (χ1) is 9.51. The molecule has 0 saturated carbocycles. The number of nitrogens with one attached hydrogen (secondary N) is 1. The molecule has 5 heteroatoms. The average molecular weight is 424 g/mol. The Morgan fingerprint density at radius 1 is 1.15 bits per heavy atom. The molecule has 2 rings (SSSR count). The van der Waals surface area contributed by atoms with Gasteiger partial charge in [0.05, 0.1) is 16.1 Å². The molecule has 2 aromatic rings. The summed E-state index contributed by atoms with van der Waals surface area (Å²) in [5.74, 6) is -0.234. The Hall–Kier alpha value is -0.520. The van der Waals surface area contributed by atoms with Crippen molar-refractivity contribution in [2.24, 2.45) is 0 Å². The number of hydrogen-bond acceptors (Lipinski definition) is 1. The van der Waals surface area contributed by atoms with Gasteiger partial charge < -0.3 is 5.32 Å². The zero-order valence-corrected chi connectivity index (χ0v) is 14.4. The Morgan fingerprint density at radius 3 is 2.50 bits per heavy atom. The minimum absolute atomic E-state index is 0.101. The lowest BCUT2D eigenvalue weighted by atomic mass is 10.0. The first kappa shape index (κ1) is 15.9. The summed E-state index contributed by atoms with van der Waals surface area (Å²) >= 11 is 14.1. The van der Waals surface area contributed by atoms with Crippen LogP contribution in [0.1, 0.15) is 24.9 Å². The van der Waals surface area contributed by atoms with Crippen LogP contribution < -0.4 is 5.32 Å². The molecule has 20 heavy (non-hydrogen) atoms. The van der Waals surface area contributed by atoms with Crippen LogP contribution in [0.25, 0.3) is 0 Å². The van der Waals surface area contributed by atoms with Crippen LogP contribution in [0.2, 0.25) is 10.0 Å². The monoisotopic (exact) mass is 423 g/mol. The summed E-state index contributed by atoms with van der Waals surface area (Å²) in [6.07, 6.45) is 0.880. The van der Waals surface area contributed by atoms with Gasteiger partial charge in [-0.1, -0.05) is 36.2 Å². The molecule has 0 amide bonds. The van der Waals surface area contributed by atoms with Gasteiger partial charge in [0, 0.05) is 9.26 Å². The van der Waals surface area contributed by atoms with E-state index in [-0.39, 0.29) is 11.9 Å². The third kappa shape index (κ3) is 3.77. The molecular formula is C15H13Cl2FIN. The molecule has 1 N–H and O–H groups in total. The molecule has 1 nitrogen and oxygen atoms in total. The predicted octanol–water partition coefficient (Wildman–Crippen LogP) is 6.30. The van der Waals surface area contributed by atoms with Gasteiger partial charge in [0.2, 0.25) is 0 Å². The molecule has 0 aliphatic heterocycles. The first-order valence-corrected chi connectivity index (χ1v) is 8.01. The number of benzene rings is 2. The van der Waals surface area contributed by atoms with E-state index in [0.29, 0.717) is 10.0 Å². The van der Waals surface area contributed by atoms with Crippen molar-refractivity contribution in [2.75, 3.05) is 5.32 Å². The van der Waals surface area contributed by atoms with Crippen LogP contribution in [0.5, 0.6) is 0 Å². The second-order valence-electron chi connectivity index (χ2n) is 4.40.